The van der Waals surface area contributed by atoms with E-state index in [1.807, 2.05) is 35.2 Å². The van der Waals surface area contributed by atoms with Gasteiger partial charge in [0, 0.05) is 18.7 Å². The molecule has 2 aromatic rings. The first-order valence-corrected chi connectivity index (χ1v) is 7.99. The van der Waals surface area contributed by atoms with E-state index in [1.165, 1.54) is 0 Å². The second-order valence-corrected chi connectivity index (χ2v) is 5.83. The van der Waals surface area contributed by atoms with Crippen LogP contribution in [0, 0.1) is 0 Å². The first-order chi connectivity index (χ1) is 11.2. The van der Waals surface area contributed by atoms with Crippen LogP contribution in [0.3, 0.4) is 0 Å². The van der Waals surface area contributed by atoms with E-state index in [1.54, 1.807) is 18.2 Å². The van der Waals surface area contributed by atoms with Gasteiger partial charge in [-0.25, -0.2) is 0 Å². The molecule has 1 aliphatic heterocycles. The standard InChI is InChI=1S/C19H21NO3/c21-17-8-9-18(23-14-15-6-2-1-3-7-15)16(12-17)13-19(22)20-10-4-5-11-20/h1-3,6-9,12,21H,4-5,10-11,13-14H2. The van der Waals surface area contributed by atoms with E-state index in [9.17, 15) is 9.90 Å². The summed E-state index contributed by atoms with van der Waals surface area (Å²) < 4.78 is 5.86. The Morgan fingerprint density at radius 3 is 2.57 bits per heavy atom. The highest BCUT2D eigenvalue weighted by atomic mass is 16.5. The van der Waals surface area contributed by atoms with Gasteiger partial charge in [0.25, 0.3) is 0 Å². The lowest BCUT2D eigenvalue weighted by molar-refractivity contribution is -0.129. The number of carbonyl (C=O) groups excluding carboxylic acids is 1. The quantitative estimate of drug-likeness (QED) is 0.923. The topological polar surface area (TPSA) is 49.8 Å². The molecule has 0 bridgehead atoms. The molecule has 0 unspecified atom stereocenters. The molecule has 23 heavy (non-hydrogen) atoms. The zero-order valence-corrected chi connectivity index (χ0v) is 13.1. The average Bonchev–Trinajstić information content (AvgIpc) is 3.10. The molecule has 0 atom stereocenters. The fourth-order valence-electron chi connectivity index (χ4n) is 2.82. The molecule has 4 heteroatoms. The van der Waals surface area contributed by atoms with Gasteiger partial charge in [-0.3, -0.25) is 4.79 Å². The number of phenolic OH excluding ortho intramolecular Hbond substituents is 1. The molecule has 0 aliphatic carbocycles. The number of ether oxygens (including phenoxy) is 1. The summed E-state index contributed by atoms with van der Waals surface area (Å²) in [5.74, 6) is 0.901. The van der Waals surface area contributed by atoms with Crippen LogP contribution in [0.2, 0.25) is 0 Å². The highest BCUT2D eigenvalue weighted by Gasteiger charge is 2.19. The van der Waals surface area contributed by atoms with Gasteiger partial charge in [-0.1, -0.05) is 30.3 Å². The summed E-state index contributed by atoms with van der Waals surface area (Å²) in [6, 6.07) is 14.8. The maximum absolute atomic E-state index is 12.3. The number of phenols is 1. The number of benzene rings is 2. The number of carbonyl (C=O) groups is 1. The van der Waals surface area contributed by atoms with Crippen LogP contribution < -0.4 is 4.74 Å². The molecule has 4 nitrogen and oxygen atoms in total. The van der Waals surface area contributed by atoms with Crippen LogP contribution in [0.5, 0.6) is 11.5 Å². The molecule has 2 aromatic carbocycles. The van der Waals surface area contributed by atoms with E-state index >= 15 is 0 Å². The lowest BCUT2D eigenvalue weighted by atomic mass is 10.1. The van der Waals surface area contributed by atoms with E-state index in [4.69, 9.17) is 4.74 Å². The highest BCUT2D eigenvalue weighted by molar-refractivity contribution is 5.80. The minimum atomic E-state index is 0.0951. The van der Waals surface area contributed by atoms with E-state index in [-0.39, 0.29) is 18.1 Å². The van der Waals surface area contributed by atoms with Gasteiger partial charge in [-0.2, -0.15) is 0 Å². The van der Waals surface area contributed by atoms with Crippen molar-refractivity contribution in [2.45, 2.75) is 25.9 Å². The fraction of sp³-hybridized carbons (Fsp3) is 0.316. The van der Waals surface area contributed by atoms with Crippen molar-refractivity contribution in [2.24, 2.45) is 0 Å². The van der Waals surface area contributed by atoms with Crippen LogP contribution in [-0.4, -0.2) is 29.0 Å². The summed E-state index contributed by atoms with van der Waals surface area (Å²) in [5.41, 5.74) is 1.80. The third kappa shape index (κ3) is 4.03. The molecule has 120 valence electrons. The van der Waals surface area contributed by atoms with Gasteiger partial charge < -0.3 is 14.7 Å². The van der Waals surface area contributed by atoms with Gasteiger partial charge in [0.15, 0.2) is 0 Å². The number of aromatic hydroxyl groups is 1. The Balaban J connectivity index is 1.71. The maximum atomic E-state index is 12.3. The largest absolute Gasteiger partial charge is 0.508 e. The summed E-state index contributed by atoms with van der Waals surface area (Å²) in [6.45, 7) is 2.10. The third-order valence-electron chi connectivity index (χ3n) is 4.08. The van der Waals surface area contributed by atoms with Crippen LogP contribution in [-0.2, 0) is 17.8 Å². The number of amides is 1. The van der Waals surface area contributed by atoms with Crippen LogP contribution in [0.15, 0.2) is 48.5 Å². The summed E-state index contributed by atoms with van der Waals surface area (Å²) >= 11 is 0. The number of nitrogens with zero attached hydrogens (tertiary/aromatic N) is 1. The van der Waals surface area contributed by atoms with Crippen molar-refractivity contribution < 1.29 is 14.6 Å². The van der Waals surface area contributed by atoms with Gasteiger partial charge in [0.05, 0.1) is 6.42 Å². The first kappa shape index (κ1) is 15.4. The van der Waals surface area contributed by atoms with Crippen LogP contribution >= 0.6 is 0 Å². The monoisotopic (exact) mass is 311 g/mol. The van der Waals surface area contributed by atoms with Crippen molar-refractivity contribution in [3.05, 3.63) is 59.7 Å². The Morgan fingerprint density at radius 2 is 1.83 bits per heavy atom. The molecular weight excluding hydrogens is 290 g/mol. The maximum Gasteiger partial charge on any atom is 0.227 e. The number of likely N-dealkylation sites (tertiary alicyclic amines) is 1. The lowest BCUT2D eigenvalue weighted by Gasteiger charge is -2.17. The van der Waals surface area contributed by atoms with Crippen molar-refractivity contribution >= 4 is 5.91 Å². The summed E-state index contributed by atoms with van der Waals surface area (Å²) in [5, 5.41) is 9.72. The average molecular weight is 311 g/mol. The molecule has 0 aromatic heterocycles. The number of hydrogen-bond acceptors (Lipinski definition) is 3. The van der Waals surface area contributed by atoms with E-state index in [2.05, 4.69) is 0 Å². The zero-order chi connectivity index (χ0) is 16.1. The van der Waals surface area contributed by atoms with Crippen molar-refractivity contribution in [1.29, 1.82) is 0 Å². The molecule has 1 N–H and O–H groups in total. The molecule has 1 saturated heterocycles. The van der Waals surface area contributed by atoms with Crippen molar-refractivity contribution in [1.82, 2.24) is 4.90 Å². The van der Waals surface area contributed by atoms with Gasteiger partial charge in [0.1, 0.15) is 18.1 Å². The summed E-state index contributed by atoms with van der Waals surface area (Å²) in [6.07, 6.45) is 2.41. The Hall–Kier alpha value is -2.49. The number of rotatable bonds is 5. The van der Waals surface area contributed by atoms with Crippen LogP contribution in [0.1, 0.15) is 24.0 Å². The lowest BCUT2D eigenvalue weighted by Crippen LogP contribution is -2.29. The highest BCUT2D eigenvalue weighted by Crippen LogP contribution is 2.26. The minimum Gasteiger partial charge on any atom is -0.508 e. The molecule has 1 amide bonds. The Bertz CT molecular complexity index is 664. The summed E-state index contributed by atoms with van der Waals surface area (Å²) in [7, 11) is 0. The Kier molecular flexibility index (Phi) is 4.81. The molecule has 3 rings (SSSR count). The third-order valence-corrected chi connectivity index (χ3v) is 4.08. The number of hydrogen-bond donors (Lipinski definition) is 1. The fourth-order valence-corrected chi connectivity index (χ4v) is 2.82. The van der Waals surface area contributed by atoms with Gasteiger partial charge in [0.2, 0.25) is 5.91 Å². The van der Waals surface area contributed by atoms with E-state index in [0.717, 1.165) is 37.1 Å². The van der Waals surface area contributed by atoms with E-state index in [0.29, 0.717) is 12.4 Å². The van der Waals surface area contributed by atoms with Gasteiger partial charge in [-0.15, -0.1) is 0 Å². The molecule has 1 heterocycles. The van der Waals surface area contributed by atoms with Crippen molar-refractivity contribution in [3.63, 3.8) is 0 Å². The second-order valence-electron chi connectivity index (χ2n) is 5.83. The molecule has 0 saturated carbocycles. The predicted molar refractivity (Wildman–Crippen MR) is 88.4 cm³/mol. The van der Waals surface area contributed by atoms with Gasteiger partial charge >= 0.3 is 0 Å². The molecule has 1 fully saturated rings. The van der Waals surface area contributed by atoms with Gasteiger partial charge in [-0.05, 0) is 36.6 Å². The zero-order valence-electron chi connectivity index (χ0n) is 13.1. The van der Waals surface area contributed by atoms with Crippen molar-refractivity contribution in [2.75, 3.05) is 13.1 Å². The smallest absolute Gasteiger partial charge is 0.227 e. The molecular formula is C19H21NO3. The first-order valence-electron chi connectivity index (χ1n) is 7.99. The SMILES string of the molecule is O=C(Cc1cc(O)ccc1OCc1ccccc1)N1CCCC1. The predicted octanol–water partition coefficient (Wildman–Crippen LogP) is 3.14. The second kappa shape index (κ2) is 7.18. The van der Waals surface area contributed by atoms with E-state index < -0.39 is 0 Å². The Morgan fingerprint density at radius 1 is 1.09 bits per heavy atom. The molecule has 0 radical (unpaired) electrons. The van der Waals surface area contributed by atoms with Crippen LogP contribution in [0.4, 0.5) is 0 Å². The van der Waals surface area contributed by atoms with Crippen LogP contribution in [0.25, 0.3) is 0 Å². The molecule has 0 spiro atoms. The summed E-state index contributed by atoms with van der Waals surface area (Å²) in [4.78, 5) is 14.2. The van der Waals surface area contributed by atoms with Crippen molar-refractivity contribution in [3.8, 4) is 11.5 Å². The molecule has 1 aliphatic rings. The minimum absolute atomic E-state index is 0.0951. The Labute approximate surface area is 136 Å². The normalized spacial score (nSPS) is 14.0.